The summed E-state index contributed by atoms with van der Waals surface area (Å²) in [7, 11) is 0. The third-order valence-corrected chi connectivity index (χ3v) is 2.66. The number of phenolic OH excluding ortho intramolecular Hbond substituents is 1. The second-order valence-corrected chi connectivity index (χ2v) is 4.09. The standard InChI is InChI=1S/C14H12N4O2/c15-18-17-12-6-4-10(5-7-12)9-16-14(20)11-2-1-3-13(19)8-11/h1-8,19H,9H2,(H,16,20). The molecule has 1 amide bonds. The molecule has 0 heterocycles. The monoisotopic (exact) mass is 268 g/mol. The molecule has 2 aromatic carbocycles. The van der Waals surface area contributed by atoms with Gasteiger partial charge in [0.15, 0.2) is 0 Å². The molecular formula is C14H12N4O2. The zero-order valence-electron chi connectivity index (χ0n) is 10.5. The van der Waals surface area contributed by atoms with Crippen LogP contribution < -0.4 is 5.32 Å². The quantitative estimate of drug-likeness (QED) is 0.505. The fourth-order valence-corrected chi connectivity index (χ4v) is 1.66. The zero-order valence-corrected chi connectivity index (χ0v) is 10.5. The minimum Gasteiger partial charge on any atom is -0.508 e. The van der Waals surface area contributed by atoms with Crippen molar-refractivity contribution in [1.82, 2.24) is 5.32 Å². The third-order valence-electron chi connectivity index (χ3n) is 2.66. The fourth-order valence-electron chi connectivity index (χ4n) is 1.66. The molecule has 0 aliphatic carbocycles. The molecule has 6 nitrogen and oxygen atoms in total. The molecule has 0 aliphatic heterocycles. The number of carbonyl (C=O) groups is 1. The van der Waals surface area contributed by atoms with Crippen molar-refractivity contribution in [3.8, 4) is 5.75 Å². The van der Waals surface area contributed by atoms with Crippen molar-refractivity contribution in [2.75, 3.05) is 0 Å². The number of benzene rings is 2. The molecule has 0 bridgehead atoms. The number of aromatic hydroxyl groups is 1. The Labute approximate surface area is 115 Å². The zero-order chi connectivity index (χ0) is 14.4. The van der Waals surface area contributed by atoms with Gasteiger partial charge in [-0.1, -0.05) is 35.4 Å². The van der Waals surface area contributed by atoms with E-state index in [4.69, 9.17) is 5.53 Å². The molecule has 2 N–H and O–H groups in total. The number of hydrogen-bond acceptors (Lipinski definition) is 3. The maximum Gasteiger partial charge on any atom is 0.251 e. The first kappa shape index (κ1) is 13.5. The van der Waals surface area contributed by atoms with Crippen LogP contribution >= 0.6 is 0 Å². The van der Waals surface area contributed by atoms with E-state index in [-0.39, 0.29) is 11.7 Å². The van der Waals surface area contributed by atoms with E-state index in [9.17, 15) is 9.90 Å². The minimum absolute atomic E-state index is 0.0522. The van der Waals surface area contributed by atoms with E-state index in [1.54, 1.807) is 36.4 Å². The predicted molar refractivity (Wildman–Crippen MR) is 74.5 cm³/mol. The molecule has 0 radical (unpaired) electrons. The number of nitrogens with zero attached hydrogens (tertiary/aromatic N) is 3. The summed E-state index contributed by atoms with van der Waals surface area (Å²) in [6, 6.07) is 13.0. The lowest BCUT2D eigenvalue weighted by Crippen LogP contribution is -2.22. The van der Waals surface area contributed by atoms with Gasteiger partial charge in [0.2, 0.25) is 0 Å². The molecule has 2 rings (SSSR count). The Morgan fingerprint density at radius 2 is 2.00 bits per heavy atom. The highest BCUT2D eigenvalue weighted by Crippen LogP contribution is 2.14. The van der Waals surface area contributed by atoms with Crippen molar-refractivity contribution in [3.63, 3.8) is 0 Å². The smallest absolute Gasteiger partial charge is 0.251 e. The summed E-state index contributed by atoms with van der Waals surface area (Å²) >= 11 is 0. The lowest BCUT2D eigenvalue weighted by Gasteiger charge is -2.06. The number of amides is 1. The first-order valence-electron chi connectivity index (χ1n) is 5.90. The van der Waals surface area contributed by atoms with Crippen molar-refractivity contribution in [1.29, 1.82) is 0 Å². The molecule has 0 aliphatic rings. The van der Waals surface area contributed by atoms with E-state index in [1.165, 1.54) is 12.1 Å². The summed E-state index contributed by atoms with van der Waals surface area (Å²) < 4.78 is 0. The summed E-state index contributed by atoms with van der Waals surface area (Å²) in [5, 5.41) is 15.5. The van der Waals surface area contributed by atoms with Crippen LogP contribution in [-0.4, -0.2) is 11.0 Å². The maximum atomic E-state index is 11.9. The van der Waals surface area contributed by atoms with Gasteiger partial charge in [0.05, 0.1) is 0 Å². The molecule has 20 heavy (non-hydrogen) atoms. The highest BCUT2D eigenvalue weighted by Gasteiger charge is 2.05. The Morgan fingerprint density at radius 3 is 2.65 bits per heavy atom. The highest BCUT2D eigenvalue weighted by molar-refractivity contribution is 5.94. The first-order chi connectivity index (χ1) is 9.69. The summed E-state index contributed by atoms with van der Waals surface area (Å²) in [6.07, 6.45) is 0. The molecule has 0 saturated heterocycles. The van der Waals surface area contributed by atoms with Crippen molar-refractivity contribution < 1.29 is 9.90 Å². The second-order valence-electron chi connectivity index (χ2n) is 4.09. The Kier molecular flexibility index (Phi) is 4.21. The Bertz CT molecular complexity index is 661. The van der Waals surface area contributed by atoms with Gasteiger partial charge in [0.25, 0.3) is 5.91 Å². The van der Waals surface area contributed by atoms with Gasteiger partial charge in [-0.15, -0.1) is 0 Å². The van der Waals surface area contributed by atoms with Gasteiger partial charge in [0.1, 0.15) is 5.75 Å². The van der Waals surface area contributed by atoms with Gasteiger partial charge < -0.3 is 10.4 Å². The Morgan fingerprint density at radius 1 is 1.25 bits per heavy atom. The third kappa shape index (κ3) is 3.51. The molecule has 0 aromatic heterocycles. The minimum atomic E-state index is -0.264. The SMILES string of the molecule is [N-]=[N+]=Nc1ccc(CNC(=O)c2cccc(O)c2)cc1. The summed E-state index contributed by atoms with van der Waals surface area (Å²) in [4.78, 5) is 14.5. The van der Waals surface area contributed by atoms with Crippen molar-refractivity contribution in [2.45, 2.75) is 6.54 Å². The van der Waals surface area contributed by atoms with E-state index in [2.05, 4.69) is 15.3 Å². The predicted octanol–water partition coefficient (Wildman–Crippen LogP) is 3.26. The van der Waals surface area contributed by atoms with Gasteiger partial charge in [-0.3, -0.25) is 4.79 Å². The maximum absolute atomic E-state index is 11.9. The van der Waals surface area contributed by atoms with Crippen LogP contribution in [0.25, 0.3) is 10.4 Å². The Hall–Kier alpha value is -2.98. The molecule has 0 atom stereocenters. The van der Waals surface area contributed by atoms with Crippen LogP contribution in [-0.2, 0) is 6.54 Å². The molecule has 0 spiro atoms. The van der Waals surface area contributed by atoms with E-state index >= 15 is 0 Å². The highest BCUT2D eigenvalue weighted by atomic mass is 16.3. The van der Waals surface area contributed by atoms with Crippen LogP contribution in [0.5, 0.6) is 5.75 Å². The Balaban J connectivity index is 1.98. The summed E-state index contributed by atoms with van der Waals surface area (Å²) in [5.41, 5.74) is 10.1. The van der Waals surface area contributed by atoms with Gasteiger partial charge in [0, 0.05) is 22.7 Å². The lowest BCUT2D eigenvalue weighted by molar-refractivity contribution is 0.0950. The average molecular weight is 268 g/mol. The second kappa shape index (κ2) is 6.26. The normalized spacial score (nSPS) is 9.60. The first-order valence-corrected chi connectivity index (χ1v) is 5.90. The van der Waals surface area contributed by atoms with Gasteiger partial charge in [-0.2, -0.15) is 0 Å². The summed E-state index contributed by atoms with van der Waals surface area (Å²) in [6.45, 7) is 0.352. The van der Waals surface area contributed by atoms with Crippen LogP contribution in [0.15, 0.2) is 53.6 Å². The molecule has 0 fully saturated rings. The van der Waals surface area contributed by atoms with Gasteiger partial charge in [-0.25, -0.2) is 0 Å². The van der Waals surface area contributed by atoms with E-state index in [0.29, 0.717) is 17.8 Å². The number of hydrogen-bond donors (Lipinski definition) is 2. The molecule has 100 valence electrons. The van der Waals surface area contributed by atoms with Crippen molar-refractivity contribution in [2.24, 2.45) is 5.11 Å². The van der Waals surface area contributed by atoms with Crippen LogP contribution in [0.1, 0.15) is 15.9 Å². The lowest BCUT2D eigenvalue weighted by atomic mass is 10.2. The largest absolute Gasteiger partial charge is 0.508 e. The number of nitrogens with one attached hydrogen (secondary N) is 1. The number of phenols is 1. The van der Waals surface area contributed by atoms with Crippen molar-refractivity contribution in [3.05, 3.63) is 70.1 Å². The number of azide groups is 1. The van der Waals surface area contributed by atoms with Gasteiger partial charge >= 0.3 is 0 Å². The van der Waals surface area contributed by atoms with Crippen LogP contribution in [0.3, 0.4) is 0 Å². The molecule has 0 unspecified atom stereocenters. The van der Waals surface area contributed by atoms with E-state index in [0.717, 1.165) is 5.56 Å². The topological polar surface area (TPSA) is 98.1 Å². The number of carbonyl (C=O) groups excluding carboxylic acids is 1. The molecule has 2 aromatic rings. The van der Waals surface area contributed by atoms with E-state index < -0.39 is 0 Å². The molecule has 0 saturated carbocycles. The van der Waals surface area contributed by atoms with Gasteiger partial charge in [-0.05, 0) is 29.3 Å². The van der Waals surface area contributed by atoms with Crippen molar-refractivity contribution >= 4 is 11.6 Å². The van der Waals surface area contributed by atoms with E-state index in [1.807, 2.05) is 0 Å². The molecule has 6 heteroatoms. The fraction of sp³-hybridized carbons (Fsp3) is 0.0714. The number of rotatable bonds is 4. The molecular weight excluding hydrogens is 256 g/mol. The van der Waals surface area contributed by atoms with Crippen LogP contribution in [0, 0.1) is 0 Å². The summed E-state index contributed by atoms with van der Waals surface area (Å²) in [5.74, 6) is -0.212. The van der Waals surface area contributed by atoms with Crippen LogP contribution in [0.4, 0.5) is 5.69 Å². The van der Waals surface area contributed by atoms with Crippen LogP contribution in [0.2, 0.25) is 0 Å². The average Bonchev–Trinajstić information content (AvgIpc) is 2.46.